The van der Waals surface area contributed by atoms with Crippen molar-refractivity contribution in [3.05, 3.63) is 53.0 Å². The second-order valence-corrected chi connectivity index (χ2v) is 8.36. The lowest BCUT2D eigenvalue weighted by molar-refractivity contribution is -0.132. The molecule has 0 unspecified atom stereocenters. The van der Waals surface area contributed by atoms with Crippen molar-refractivity contribution in [3.63, 3.8) is 0 Å². The van der Waals surface area contributed by atoms with Gasteiger partial charge in [0.25, 0.3) is 0 Å². The average Bonchev–Trinajstić information content (AvgIpc) is 3.35. The molecular formula is C22H22N4O4S. The van der Waals surface area contributed by atoms with Crippen molar-refractivity contribution in [2.24, 2.45) is 0 Å². The van der Waals surface area contributed by atoms with Crippen molar-refractivity contribution in [2.45, 2.75) is 13.5 Å². The molecule has 5 rings (SSSR count). The van der Waals surface area contributed by atoms with E-state index in [1.54, 1.807) is 34.4 Å². The fourth-order valence-electron chi connectivity index (χ4n) is 3.83. The SMILES string of the molecule is CCOc1ccc2nc(N3CCN(C(=O)Cn4c(=O)oc5ccccc54)CC3)sc2c1. The Morgan fingerprint density at radius 1 is 1.16 bits per heavy atom. The van der Waals surface area contributed by atoms with Crippen molar-refractivity contribution in [1.29, 1.82) is 0 Å². The van der Waals surface area contributed by atoms with Gasteiger partial charge < -0.3 is 19.0 Å². The van der Waals surface area contributed by atoms with Crippen molar-refractivity contribution in [3.8, 4) is 5.75 Å². The number of para-hydroxylation sites is 2. The predicted octanol–water partition coefficient (Wildman–Crippen LogP) is 2.95. The summed E-state index contributed by atoms with van der Waals surface area (Å²) in [6.07, 6.45) is 0. The van der Waals surface area contributed by atoms with Crippen LogP contribution in [0.2, 0.25) is 0 Å². The largest absolute Gasteiger partial charge is 0.494 e. The third kappa shape index (κ3) is 3.76. The minimum Gasteiger partial charge on any atom is -0.494 e. The van der Waals surface area contributed by atoms with Gasteiger partial charge in [-0.15, -0.1) is 0 Å². The van der Waals surface area contributed by atoms with Crippen LogP contribution >= 0.6 is 11.3 Å². The maximum atomic E-state index is 12.8. The summed E-state index contributed by atoms with van der Waals surface area (Å²) in [5.41, 5.74) is 2.09. The first-order valence-electron chi connectivity index (χ1n) is 10.3. The van der Waals surface area contributed by atoms with Crippen LogP contribution in [-0.2, 0) is 11.3 Å². The zero-order valence-corrected chi connectivity index (χ0v) is 17.9. The van der Waals surface area contributed by atoms with E-state index in [1.165, 1.54) is 4.57 Å². The predicted molar refractivity (Wildman–Crippen MR) is 120 cm³/mol. The fraction of sp³-hybridized carbons (Fsp3) is 0.318. The molecule has 0 atom stereocenters. The molecular weight excluding hydrogens is 416 g/mol. The highest BCUT2D eigenvalue weighted by molar-refractivity contribution is 7.22. The van der Waals surface area contributed by atoms with Crippen molar-refractivity contribution in [1.82, 2.24) is 14.5 Å². The minimum absolute atomic E-state index is 0.0167. The Balaban J connectivity index is 1.26. The smallest absolute Gasteiger partial charge is 0.420 e. The third-order valence-electron chi connectivity index (χ3n) is 5.43. The molecule has 1 fully saturated rings. The van der Waals surface area contributed by atoms with Gasteiger partial charge in [0, 0.05) is 26.2 Å². The number of benzene rings is 2. The number of oxazole rings is 1. The van der Waals surface area contributed by atoms with E-state index in [1.807, 2.05) is 31.2 Å². The minimum atomic E-state index is -0.505. The highest BCUT2D eigenvalue weighted by Crippen LogP contribution is 2.32. The maximum absolute atomic E-state index is 12.8. The molecule has 160 valence electrons. The molecule has 2 aromatic carbocycles. The number of ether oxygens (including phenoxy) is 1. The van der Waals surface area contributed by atoms with Crippen LogP contribution in [0.25, 0.3) is 21.3 Å². The number of hydrogen-bond donors (Lipinski definition) is 0. The second kappa shape index (κ2) is 8.07. The summed E-state index contributed by atoms with van der Waals surface area (Å²) in [5.74, 6) is 0.260. The summed E-state index contributed by atoms with van der Waals surface area (Å²) in [5, 5.41) is 0.952. The fourth-order valence-corrected chi connectivity index (χ4v) is 4.88. The summed E-state index contributed by atoms with van der Waals surface area (Å²) < 4.78 is 13.3. The zero-order chi connectivity index (χ0) is 21.4. The molecule has 0 saturated carbocycles. The summed E-state index contributed by atoms with van der Waals surface area (Å²) in [7, 11) is 0. The number of hydrogen-bond acceptors (Lipinski definition) is 7. The number of carbonyl (C=O) groups excluding carboxylic acids is 1. The van der Waals surface area contributed by atoms with Crippen molar-refractivity contribution < 1.29 is 13.9 Å². The molecule has 0 spiro atoms. The van der Waals surface area contributed by atoms with Gasteiger partial charge in [0.15, 0.2) is 10.7 Å². The number of nitrogens with zero attached hydrogens (tertiary/aromatic N) is 4. The molecule has 0 radical (unpaired) electrons. The number of piperazine rings is 1. The molecule has 2 aromatic heterocycles. The Labute approximate surface area is 182 Å². The van der Waals surface area contributed by atoms with E-state index >= 15 is 0 Å². The molecule has 1 aliphatic heterocycles. The van der Waals surface area contributed by atoms with E-state index in [4.69, 9.17) is 14.1 Å². The number of thiazole rings is 1. The van der Waals surface area contributed by atoms with Crippen LogP contribution in [0.1, 0.15) is 6.92 Å². The van der Waals surface area contributed by atoms with Gasteiger partial charge >= 0.3 is 5.76 Å². The van der Waals surface area contributed by atoms with Crippen LogP contribution in [-0.4, -0.2) is 53.1 Å². The quantitative estimate of drug-likeness (QED) is 0.477. The van der Waals surface area contributed by atoms with Crippen LogP contribution in [0.4, 0.5) is 5.13 Å². The Morgan fingerprint density at radius 2 is 1.97 bits per heavy atom. The highest BCUT2D eigenvalue weighted by atomic mass is 32.1. The molecule has 1 amide bonds. The molecule has 8 nitrogen and oxygen atoms in total. The first kappa shape index (κ1) is 19.6. The van der Waals surface area contributed by atoms with Gasteiger partial charge in [-0.1, -0.05) is 23.5 Å². The molecule has 0 aliphatic carbocycles. The summed E-state index contributed by atoms with van der Waals surface area (Å²) >= 11 is 1.63. The van der Waals surface area contributed by atoms with E-state index in [0.717, 1.165) is 21.1 Å². The molecule has 1 aliphatic rings. The number of rotatable bonds is 5. The van der Waals surface area contributed by atoms with Crippen LogP contribution in [0.3, 0.4) is 0 Å². The van der Waals surface area contributed by atoms with Gasteiger partial charge in [0.1, 0.15) is 12.3 Å². The van der Waals surface area contributed by atoms with E-state index in [2.05, 4.69) is 4.90 Å². The van der Waals surface area contributed by atoms with Gasteiger partial charge in [0.05, 0.1) is 22.3 Å². The van der Waals surface area contributed by atoms with Gasteiger partial charge in [-0.25, -0.2) is 9.78 Å². The lowest BCUT2D eigenvalue weighted by Gasteiger charge is -2.34. The maximum Gasteiger partial charge on any atom is 0.420 e. The lowest BCUT2D eigenvalue weighted by atomic mass is 10.3. The van der Waals surface area contributed by atoms with Crippen molar-refractivity contribution in [2.75, 3.05) is 37.7 Å². The average molecular weight is 439 g/mol. The molecule has 9 heteroatoms. The third-order valence-corrected chi connectivity index (χ3v) is 6.51. The van der Waals surface area contributed by atoms with E-state index in [-0.39, 0.29) is 12.5 Å². The molecule has 3 heterocycles. The standard InChI is InChI=1S/C22H22N4O4S/c1-2-29-15-7-8-16-19(13-15)31-21(23-16)25-11-9-24(10-12-25)20(27)14-26-17-5-3-4-6-18(17)30-22(26)28/h3-8,13H,2,9-12,14H2,1H3. The van der Waals surface area contributed by atoms with Crippen LogP contribution < -0.4 is 15.4 Å². The van der Waals surface area contributed by atoms with Gasteiger partial charge in [-0.3, -0.25) is 9.36 Å². The number of fused-ring (bicyclic) bond motifs is 2. The van der Waals surface area contributed by atoms with E-state index < -0.39 is 5.76 Å². The Bertz CT molecular complexity index is 1300. The molecule has 1 saturated heterocycles. The molecule has 31 heavy (non-hydrogen) atoms. The molecule has 0 N–H and O–H groups in total. The van der Waals surface area contributed by atoms with Crippen molar-refractivity contribution >= 4 is 43.7 Å². The summed E-state index contributed by atoms with van der Waals surface area (Å²) in [6, 6.07) is 13.1. The summed E-state index contributed by atoms with van der Waals surface area (Å²) in [6.45, 7) is 5.16. The topological polar surface area (TPSA) is 80.8 Å². The van der Waals surface area contributed by atoms with E-state index in [0.29, 0.717) is 43.9 Å². The van der Waals surface area contributed by atoms with E-state index in [9.17, 15) is 9.59 Å². The van der Waals surface area contributed by atoms with Gasteiger partial charge in [0.2, 0.25) is 5.91 Å². The zero-order valence-electron chi connectivity index (χ0n) is 17.1. The number of amides is 1. The lowest BCUT2D eigenvalue weighted by Crippen LogP contribution is -2.50. The highest BCUT2D eigenvalue weighted by Gasteiger charge is 2.24. The molecule has 4 aromatic rings. The van der Waals surface area contributed by atoms with Gasteiger partial charge in [-0.2, -0.15) is 0 Å². The van der Waals surface area contributed by atoms with Gasteiger partial charge in [-0.05, 0) is 37.3 Å². The van der Waals surface area contributed by atoms with Crippen LogP contribution in [0.15, 0.2) is 51.7 Å². The Kier molecular flexibility index (Phi) is 5.11. The Hall–Kier alpha value is -3.33. The second-order valence-electron chi connectivity index (χ2n) is 7.35. The Morgan fingerprint density at radius 3 is 2.77 bits per heavy atom. The van der Waals surface area contributed by atoms with Crippen LogP contribution in [0, 0.1) is 0 Å². The van der Waals surface area contributed by atoms with Crippen LogP contribution in [0.5, 0.6) is 5.75 Å². The number of anilines is 1. The molecule has 0 bridgehead atoms. The first-order valence-corrected chi connectivity index (χ1v) is 11.1. The monoisotopic (exact) mass is 438 g/mol. The number of carbonyl (C=O) groups is 1. The number of aromatic nitrogens is 2. The first-order chi connectivity index (χ1) is 15.1. The summed E-state index contributed by atoms with van der Waals surface area (Å²) in [4.78, 5) is 33.7. The normalized spacial score (nSPS) is 14.5.